The van der Waals surface area contributed by atoms with E-state index in [1.807, 2.05) is 31.2 Å². The highest BCUT2D eigenvalue weighted by Gasteiger charge is 2.09. The van der Waals surface area contributed by atoms with E-state index in [0.717, 1.165) is 5.69 Å². The molecule has 0 saturated carbocycles. The molecule has 0 bridgehead atoms. The Morgan fingerprint density at radius 1 is 1.07 bits per heavy atom. The molecule has 0 aliphatic heterocycles. The Labute approximate surface area is 165 Å². The number of Topliss-reactive ketones (excluding diaryl/α,β-unsaturated/α-hetero) is 1. The van der Waals surface area contributed by atoms with Gasteiger partial charge in [0.1, 0.15) is 0 Å². The smallest absolute Gasteiger partial charge is 0.234 e. The molecule has 1 aromatic heterocycles. The first-order valence-electron chi connectivity index (χ1n) is 8.20. The highest BCUT2D eigenvalue weighted by atomic mass is 32.2. The van der Waals surface area contributed by atoms with Gasteiger partial charge in [-0.2, -0.15) is 0 Å². The van der Waals surface area contributed by atoms with Crippen molar-refractivity contribution in [1.29, 1.82) is 0 Å². The molecule has 2 N–H and O–H groups in total. The van der Waals surface area contributed by atoms with Crippen LogP contribution in [0.15, 0.2) is 52.9 Å². The molecule has 3 rings (SSSR count). The second-order valence-corrected chi connectivity index (χ2v) is 8.04. The van der Waals surface area contributed by atoms with E-state index in [9.17, 15) is 9.59 Å². The molecule has 1 heterocycles. The number of aryl methyl sites for hydroxylation is 1. The maximum absolute atomic E-state index is 12.1. The topological polar surface area (TPSA) is 84.0 Å². The molecule has 138 valence electrons. The molecule has 0 atom stereocenters. The van der Waals surface area contributed by atoms with Gasteiger partial charge in [0.25, 0.3) is 0 Å². The van der Waals surface area contributed by atoms with Gasteiger partial charge in [0, 0.05) is 16.9 Å². The lowest BCUT2D eigenvalue weighted by Crippen LogP contribution is -2.14. The molecule has 0 unspecified atom stereocenters. The van der Waals surface area contributed by atoms with Gasteiger partial charge in [0.2, 0.25) is 11.0 Å². The lowest BCUT2D eigenvalue weighted by Gasteiger charge is -2.05. The molecule has 1 amide bonds. The summed E-state index contributed by atoms with van der Waals surface area (Å²) >= 11 is 2.71. The van der Waals surface area contributed by atoms with E-state index in [4.69, 9.17) is 0 Å². The van der Waals surface area contributed by atoms with Gasteiger partial charge in [-0.1, -0.05) is 52.9 Å². The van der Waals surface area contributed by atoms with Crippen LogP contribution in [0.3, 0.4) is 0 Å². The molecule has 0 radical (unpaired) electrons. The van der Waals surface area contributed by atoms with Crippen LogP contribution in [0.25, 0.3) is 0 Å². The van der Waals surface area contributed by atoms with Crippen LogP contribution < -0.4 is 10.6 Å². The van der Waals surface area contributed by atoms with Gasteiger partial charge in [0.05, 0.1) is 5.75 Å². The maximum atomic E-state index is 12.1. The van der Waals surface area contributed by atoms with Crippen molar-refractivity contribution < 1.29 is 9.59 Å². The van der Waals surface area contributed by atoms with Crippen LogP contribution in [0.4, 0.5) is 16.5 Å². The monoisotopic (exact) mass is 398 g/mol. The van der Waals surface area contributed by atoms with Crippen LogP contribution in [0.5, 0.6) is 0 Å². The van der Waals surface area contributed by atoms with Crippen molar-refractivity contribution in [3.05, 3.63) is 59.7 Å². The number of hydrogen-bond acceptors (Lipinski definition) is 7. The predicted molar refractivity (Wildman–Crippen MR) is 110 cm³/mol. The number of aromatic nitrogens is 2. The molecule has 0 aliphatic rings. The summed E-state index contributed by atoms with van der Waals surface area (Å²) in [6, 6.07) is 14.9. The fourth-order valence-electron chi connectivity index (χ4n) is 2.22. The first-order valence-corrected chi connectivity index (χ1v) is 10.0. The minimum atomic E-state index is -0.163. The molecule has 2 aromatic carbocycles. The van der Waals surface area contributed by atoms with Crippen molar-refractivity contribution in [2.45, 2.75) is 18.2 Å². The van der Waals surface area contributed by atoms with Crippen molar-refractivity contribution in [1.82, 2.24) is 10.2 Å². The molecular formula is C19H18N4O2S2. The van der Waals surface area contributed by atoms with E-state index < -0.39 is 0 Å². The summed E-state index contributed by atoms with van der Waals surface area (Å²) < 4.78 is 0.706. The van der Waals surface area contributed by atoms with Gasteiger partial charge in [-0.25, -0.2) is 0 Å². The van der Waals surface area contributed by atoms with E-state index in [-0.39, 0.29) is 17.4 Å². The van der Waals surface area contributed by atoms with E-state index in [1.54, 1.807) is 24.3 Å². The number of thioether (sulfide) groups is 1. The standard InChI is InChI=1S/C19H18N4O2S2/c1-12-6-8-15(9-7-12)21-18-22-23-19(27-18)26-11-17(25)20-16-5-3-4-14(10-16)13(2)24/h3-10H,11H2,1-2H3,(H,20,25)(H,21,22). The van der Waals surface area contributed by atoms with Crippen LogP contribution >= 0.6 is 23.1 Å². The van der Waals surface area contributed by atoms with Gasteiger partial charge < -0.3 is 10.6 Å². The first-order chi connectivity index (χ1) is 13.0. The number of ketones is 1. The summed E-state index contributed by atoms with van der Waals surface area (Å²) in [5.74, 6) is 0.00981. The molecule has 0 spiro atoms. The third-order valence-electron chi connectivity index (χ3n) is 3.59. The molecule has 27 heavy (non-hydrogen) atoms. The summed E-state index contributed by atoms with van der Waals surface area (Å²) in [5.41, 5.74) is 3.30. The molecular weight excluding hydrogens is 380 g/mol. The minimum absolute atomic E-state index is 0.0389. The quantitative estimate of drug-likeness (QED) is 0.450. The Morgan fingerprint density at radius 2 is 1.85 bits per heavy atom. The van der Waals surface area contributed by atoms with Crippen LogP contribution in [0.2, 0.25) is 0 Å². The summed E-state index contributed by atoms with van der Waals surface area (Å²) in [7, 11) is 0. The van der Waals surface area contributed by atoms with Crippen LogP contribution in [0.1, 0.15) is 22.8 Å². The molecule has 0 aliphatic carbocycles. The Kier molecular flexibility index (Phi) is 6.20. The first kappa shape index (κ1) is 19.1. The zero-order valence-electron chi connectivity index (χ0n) is 14.9. The second-order valence-electron chi connectivity index (χ2n) is 5.84. The second kappa shape index (κ2) is 8.79. The summed E-state index contributed by atoms with van der Waals surface area (Å²) in [5, 5.41) is 14.8. The molecule has 0 fully saturated rings. The molecule has 3 aromatic rings. The van der Waals surface area contributed by atoms with Gasteiger partial charge in [0.15, 0.2) is 10.1 Å². The summed E-state index contributed by atoms with van der Waals surface area (Å²) in [6.07, 6.45) is 0. The predicted octanol–water partition coefficient (Wildman–Crippen LogP) is 4.52. The Morgan fingerprint density at radius 3 is 2.59 bits per heavy atom. The summed E-state index contributed by atoms with van der Waals surface area (Å²) in [4.78, 5) is 23.5. The number of benzene rings is 2. The van der Waals surface area contributed by atoms with Crippen molar-refractivity contribution in [2.24, 2.45) is 0 Å². The zero-order valence-corrected chi connectivity index (χ0v) is 16.5. The third-order valence-corrected chi connectivity index (χ3v) is 5.56. The fourth-order valence-corrected chi connectivity index (χ4v) is 3.79. The van der Waals surface area contributed by atoms with Crippen molar-refractivity contribution in [3.8, 4) is 0 Å². The lowest BCUT2D eigenvalue weighted by atomic mass is 10.1. The fraction of sp³-hybridized carbons (Fsp3) is 0.158. The van der Waals surface area contributed by atoms with Gasteiger partial charge in [-0.15, -0.1) is 10.2 Å². The number of amides is 1. The SMILES string of the molecule is CC(=O)c1cccc(NC(=O)CSc2nnc(Nc3ccc(C)cc3)s2)c1. The summed E-state index contributed by atoms with van der Waals surface area (Å²) in [6.45, 7) is 3.53. The molecule has 6 nitrogen and oxygen atoms in total. The van der Waals surface area contributed by atoms with Crippen LogP contribution in [-0.4, -0.2) is 27.6 Å². The van der Waals surface area contributed by atoms with Gasteiger partial charge in [-0.3, -0.25) is 9.59 Å². The van der Waals surface area contributed by atoms with E-state index in [2.05, 4.69) is 20.8 Å². The Hall–Kier alpha value is -2.71. The normalized spacial score (nSPS) is 10.4. The number of rotatable bonds is 7. The lowest BCUT2D eigenvalue weighted by molar-refractivity contribution is -0.113. The number of nitrogens with zero attached hydrogens (tertiary/aromatic N) is 2. The van der Waals surface area contributed by atoms with E-state index in [0.29, 0.717) is 20.7 Å². The average molecular weight is 399 g/mol. The number of anilines is 3. The van der Waals surface area contributed by atoms with Crippen molar-refractivity contribution in [2.75, 3.05) is 16.4 Å². The van der Waals surface area contributed by atoms with E-state index in [1.165, 1.54) is 35.6 Å². The van der Waals surface area contributed by atoms with Gasteiger partial charge >= 0.3 is 0 Å². The zero-order chi connectivity index (χ0) is 19.2. The highest BCUT2D eigenvalue weighted by Crippen LogP contribution is 2.27. The molecule has 8 heteroatoms. The van der Waals surface area contributed by atoms with E-state index >= 15 is 0 Å². The largest absolute Gasteiger partial charge is 0.330 e. The van der Waals surface area contributed by atoms with Gasteiger partial charge in [-0.05, 0) is 38.1 Å². The Bertz CT molecular complexity index is 954. The maximum Gasteiger partial charge on any atom is 0.234 e. The third kappa shape index (κ3) is 5.63. The number of hydrogen-bond donors (Lipinski definition) is 2. The number of carbonyl (C=O) groups is 2. The van der Waals surface area contributed by atoms with Crippen LogP contribution in [0, 0.1) is 6.92 Å². The average Bonchev–Trinajstić information content (AvgIpc) is 3.09. The Balaban J connectivity index is 1.52. The highest BCUT2D eigenvalue weighted by molar-refractivity contribution is 8.01. The number of nitrogens with one attached hydrogen (secondary N) is 2. The molecule has 0 saturated heterocycles. The number of carbonyl (C=O) groups excluding carboxylic acids is 2. The van der Waals surface area contributed by atoms with Crippen LogP contribution in [-0.2, 0) is 4.79 Å². The minimum Gasteiger partial charge on any atom is -0.330 e. The van der Waals surface area contributed by atoms with Crippen molar-refractivity contribution >= 4 is 51.3 Å². The van der Waals surface area contributed by atoms with Crippen molar-refractivity contribution in [3.63, 3.8) is 0 Å².